The summed E-state index contributed by atoms with van der Waals surface area (Å²) in [5.74, 6) is -1.74. The normalized spacial score (nSPS) is 32.9. The molecule has 0 amide bonds. The van der Waals surface area contributed by atoms with Crippen LogP contribution in [0.1, 0.15) is 180 Å². The van der Waals surface area contributed by atoms with E-state index < -0.39 is 85.2 Å². The monoisotopic (exact) mass is 1140 g/mol. The summed E-state index contributed by atoms with van der Waals surface area (Å²) in [5, 5.41) is 31.6. The summed E-state index contributed by atoms with van der Waals surface area (Å²) in [5.41, 5.74) is -3.89. The lowest BCUT2D eigenvalue weighted by molar-refractivity contribution is -0.279. The number of alkyl halides is 2. The molecule has 0 saturated heterocycles. The number of allylic oxidation sites excluding steroid dienone is 4. The fourth-order valence-electron chi connectivity index (χ4n) is 13.7. The van der Waals surface area contributed by atoms with Crippen molar-refractivity contribution < 1.29 is 70.6 Å². The van der Waals surface area contributed by atoms with Crippen LogP contribution in [-0.2, 0) is 54.7 Å². The van der Waals surface area contributed by atoms with E-state index in [1.165, 1.54) is 17.7 Å². The second kappa shape index (κ2) is 25.6. The number of unbranched alkanes of at least 4 members (excludes halogenated alkanes) is 7. The number of nitrogens with zero attached hydrogens (tertiary/aromatic N) is 3. The molecule has 77 heavy (non-hydrogen) atoms. The molecular formula is C56H83F2N3O13P2S. The summed E-state index contributed by atoms with van der Waals surface area (Å²) < 4.78 is 83.6. The number of aliphatic hydroxyl groups is 2. The van der Waals surface area contributed by atoms with Crippen molar-refractivity contribution in [1.82, 2.24) is 15.0 Å². The molecule has 0 bridgehead atoms. The van der Waals surface area contributed by atoms with Crippen molar-refractivity contribution in [3.8, 4) is 5.69 Å². The first-order valence-electron chi connectivity index (χ1n) is 28.1. The van der Waals surface area contributed by atoms with Gasteiger partial charge in [0.2, 0.25) is 5.12 Å². The zero-order chi connectivity index (χ0) is 56.0. The number of rotatable bonds is 27. The van der Waals surface area contributed by atoms with Crippen molar-refractivity contribution in [2.75, 3.05) is 25.1 Å². The Kier molecular flexibility index (Phi) is 20.5. The SMILES string of the molecule is CCc1ccc(-n2nnc3c2CCCCCC3OCC(=O)CCCOP(=O)(O)OP(=O)(O)CCCCCCCCCCSC(=O)[C@@]2(O[C@H](O)CC)[C@H](C)C[C@@]3(C)[C@@H]4C[C@H](F)C5=CC(=O)C=C[C@]5(C)[C@@]4(F)[C@@H](O)C[C@@]32C)cc1. The summed E-state index contributed by atoms with van der Waals surface area (Å²) >= 11 is 1.11. The quantitative estimate of drug-likeness (QED) is 0.0370. The van der Waals surface area contributed by atoms with Gasteiger partial charge in [0.25, 0.3) is 0 Å². The first-order valence-corrected chi connectivity index (χ1v) is 32.3. The van der Waals surface area contributed by atoms with Gasteiger partial charge in [-0.15, -0.1) is 5.10 Å². The van der Waals surface area contributed by atoms with Crippen molar-refractivity contribution in [3.63, 3.8) is 0 Å². The van der Waals surface area contributed by atoms with Crippen molar-refractivity contribution in [3.05, 3.63) is 65.0 Å². The number of phosphoric ester groups is 1. The van der Waals surface area contributed by atoms with Gasteiger partial charge in [-0.3, -0.25) is 23.5 Å². The molecule has 16 nitrogen and oxygen atoms in total. The molecule has 2 aromatic rings. The maximum Gasteiger partial charge on any atom is 0.479 e. The summed E-state index contributed by atoms with van der Waals surface area (Å²) in [6.45, 7) is 10.4. The molecule has 3 unspecified atom stereocenters. The minimum Gasteiger partial charge on any atom is -0.390 e. The van der Waals surface area contributed by atoms with Crippen LogP contribution in [0, 0.1) is 28.1 Å². The number of ether oxygens (including phenoxy) is 2. The van der Waals surface area contributed by atoms with E-state index in [0.29, 0.717) is 31.4 Å². The molecule has 0 aliphatic heterocycles. The minimum absolute atomic E-state index is 0.00335. The third-order valence-electron chi connectivity index (χ3n) is 18.1. The first kappa shape index (κ1) is 61.8. The largest absolute Gasteiger partial charge is 0.479 e. The van der Waals surface area contributed by atoms with Gasteiger partial charge < -0.3 is 29.5 Å². The number of benzene rings is 1. The number of phosphoric acid groups is 1. The van der Waals surface area contributed by atoms with Crippen LogP contribution < -0.4 is 0 Å². The van der Waals surface area contributed by atoms with Gasteiger partial charge in [0.15, 0.2) is 23.5 Å². The molecule has 1 aromatic carbocycles. The molecule has 21 heteroatoms. The third kappa shape index (κ3) is 12.8. The Morgan fingerprint density at radius 3 is 2.34 bits per heavy atom. The number of fused-ring (bicyclic) bond motifs is 6. The van der Waals surface area contributed by atoms with E-state index in [0.717, 1.165) is 99.1 Å². The topological polar surface area (TPSA) is 234 Å². The van der Waals surface area contributed by atoms with E-state index in [9.17, 15) is 43.5 Å². The highest BCUT2D eigenvalue weighted by Crippen LogP contribution is 2.77. The van der Waals surface area contributed by atoms with Gasteiger partial charge in [-0.1, -0.05) is 121 Å². The Bertz CT molecular complexity index is 2570. The molecule has 1 aromatic heterocycles. The highest BCUT2D eigenvalue weighted by Gasteiger charge is 2.81. The van der Waals surface area contributed by atoms with Gasteiger partial charge in [0, 0.05) is 28.9 Å². The lowest BCUT2D eigenvalue weighted by Gasteiger charge is -2.67. The number of carbonyl (C=O) groups excluding carboxylic acids is 3. The molecule has 3 fully saturated rings. The van der Waals surface area contributed by atoms with Gasteiger partial charge in [-0.2, -0.15) is 0 Å². The van der Waals surface area contributed by atoms with Gasteiger partial charge >= 0.3 is 15.4 Å². The predicted molar refractivity (Wildman–Crippen MR) is 290 cm³/mol. The van der Waals surface area contributed by atoms with Crippen LogP contribution in [0.4, 0.5) is 8.78 Å². The van der Waals surface area contributed by atoms with Crippen LogP contribution in [0.15, 0.2) is 48.1 Å². The molecular weight excluding hydrogens is 1050 g/mol. The molecule has 5 aliphatic carbocycles. The highest BCUT2D eigenvalue weighted by atomic mass is 32.2. The Hall–Kier alpha value is -2.80. The number of hydrogen-bond acceptors (Lipinski definition) is 14. The Balaban J connectivity index is 0.786. The number of halogens is 2. The molecule has 0 radical (unpaired) electrons. The van der Waals surface area contributed by atoms with Crippen LogP contribution in [0.2, 0.25) is 0 Å². The van der Waals surface area contributed by atoms with Gasteiger partial charge in [0.05, 0.1) is 30.3 Å². The van der Waals surface area contributed by atoms with E-state index >= 15 is 8.78 Å². The molecule has 430 valence electrons. The number of hydrogen-bond donors (Lipinski definition) is 4. The summed E-state index contributed by atoms with van der Waals surface area (Å²) in [6, 6.07) is 8.19. The van der Waals surface area contributed by atoms with Gasteiger partial charge in [0.1, 0.15) is 30.2 Å². The van der Waals surface area contributed by atoms with Crippen molar-refractivity contribution in [2.45, 2.75) is 206 Å². The maximum atomic E-state index is 18.1. The van der Waals surface area contributed by atoms with Crippen LogP contribution in [0.5, 0.6) is 0 Å². The summed E-state index contributed by atoms with van der Waals surface area (Å²) in [7, 11) is -9.35. The molecule has 4 N–H and O–H groups in total. The van der Waals surface area contributed by atoms with E-state index in [-0.39, 0.29) is 74.4 Å². The standard InChI is InChI=1S/C56H83F2N3O13P2S/c1-7-39-24-26-40(27-25-39)61-45-22-16-15-17-23-46(50(45)59-60-61)71-37-42(63)21-20-30-72-76(69,70)74-75(67,68)31-18-13-11-9-10-12-14-19-32-77-51(66)56(73-49(65)8-2)38(3)35-53(5)47-34-44(57)43-33-41(62)28-29-52(43,4)55(47,58)48(64)36-54(53,56)6/h24-29,33,38,44,46-49,64-65H,7-23,30-32,34-37H2,1-6H3,(H,67,68)(H,69,70)/t38-,44+,46?,47+,48+,49+,52+,53+,54+,55+,56+/m1/s1. The lowest BCUT2D eigenvalue weighted by atomic mass is 9.40. The predicted octanol–water partition coefficient (Wildman–Crippen LogP) is 11.5. The zero-order valence-electron chi connectivity index (χ0n) is 45.8. The fourth-order valence-corrected chi connectivity index (χ4v) is 17.7. The number of ketones is 2. The zero-order valence-corrected chi connectivity index (χ0v) is 48.4. The molecule has 13 atom stereocenters. The van der Waals surface area contributed by atoms with Crippen LogP contribution in [0.25, 0.3) is 5.69 Å². The van der Waals surface area contributed by atoms with E-state index in [1.807, 2.05) is 37.6 Å². The van der Waals surface area contributed by atoms with E-state index in [2.05, 4.69) is 29.4 Å². The number of aromatic nitrogens is 3. The van der Waals surface area contributed by atoms with Crippen LogP contribution >= 0.6 is 27.2 Å². The Morgan fingerprint density at radius 1 is 0.961 bits per heavy atom. The van der Waals surface area contributed by atoms with E-state index in [1.54, 1.807) is 13.8 Å². The van der Waals surface area contributed by atoms with Gasteiger partial charge in [-0.25, -0.2) is 22.3 Å². The smallest absolute Gasteiger partial charge is 0.390 e. The third-order valence-corrected chi connectivity index (χ3v) is 22.4. The van der Waals surface area contributed by atoms with E-state index in [4.69, 9.17) is 18.3 Å². The fraction of sp³-hybridized carbons (Fsp3) is 0.732. The average molecular weight is 1140 g/mol. The van der Waals surface area contributed by atoms with Crippen molar-refractivity contribution in [2.24, 2.45) is 28.1 Å². The molecule has 3 saturated carbocycles. The molecule has 5 aliphatic rings. The highest BCUT2D eigenvalue weighted by molar-refractivity contribution is 8.13. The van der Waals surface area contributed by atoms with Gasteiger partial charge in [-0.05, 0) is 124 Å². The van der Waals surface area contributed by atoms with Crippen LogP contribution in [-0.4, -0.2) is 107 Å². The summed E-state index contributed by atoms with van der Waals surface area (Å²) in [6.07, 6.45) is 9.71. The first-order chi connectivity index (χ1) is 36.4. The minimum atomic E-state index is -4.89. The Labute approximate surface area is 457 Å². The number of carbonyl (C=O) groups is 3. The number of aryl methyl sites for hydroxylation is 1. The Morgan fingerprint density at radius 2 is 1.65 bits per heavy atom. The second-order valence-corrected chi connectivity index (χ2v) is 27.6. The van der Waals surface area contributed by atoms with Crippen molar-refractivity contribution >= 4 is 43.9 Å². The average Bonchev–Trinajstić information content (AvgIpc) is 4.12. The van der Waals surface area contributed by atoms with Crippen LogP contribution in [0.3, 0.4) is 0 Å². The summed E-state index contributed by atoms with van der Waals surface area (Å²) in [4.78, 5) is 60.4. The number of aliphatic hydroxyl groups excluding tert-OH is 2. The molecule has 1 heterocycles. The lowest BCUT2D eigenvalue weighted by Crippen LogP contribution is -2.73. The van der Waals surface area contributed by atoms with Crippen molar-refractivity contribution in [1.29, 1.82) is 0 Å². The molecule has 0 spiro atoms. The molecule has 7 rings (SSSR count). The number of thioether (sulfide) groups is 1. The number of Topliss-reactive ketones (excluding diaryl/α,β-unsaturated/α-hetero) is 1. The maximum absolute atomic E-state index is 18.1. The second-order valence-electron chi connectivity index (χ2n) is 23.0.